The maximum absolute atomic E-state index is 13.4. The second-order valence-corrected chi connectivity index (χ2v) is 8.02. The molecule has 5 nitrogen and oxygen atoms in total. The molecule has 0 spiro atoms. The Hall–Kier alpha value is -1.88. The molecule has 0 bridgehead atoms. The van der Waals surface area contributed by atoms with Gasteiger partial charge in [0, 0.05) is 57.1 Å². The molecule has 1 saturated heterocycles. The van der Waals surface area contributed by atoms with Crippen LogP contribution in [0.25, 0.3) is 0 Å². The van der Waals surface area contributed by atoms with Crippen LogP contribution in [0.3, 0.4) is 0 Å². The molecule has 140 valence electrons. The van der Waals surface area contributed by atoms with Crippen LogP contribution in [0.4, 0.5) is 5.69 Å². The zero-order chi connectivity index (χ0) is 18.3. The van der Waals surface area contributed by atoms with Gasteiger partial charge in [-0.1, -0.05) is 24.6 Å². The third-order valence-corrected chi connectivity index (χ3v) is 6.51. The van der Waals surface area contributed by atoms with Crippen molar-refractivity contribution in [2.75, 3.05) is 31.6 Å². The smallest absolute Gasteiger partial charge is 0.230 e. The third kappa shape index (κ3) is 3.02. The van der Waals surface area contributed by atoms with Gasteiger partial charge in [0.1, 0.15) is 0 Å². The Bertz CT molecular complexity index is 704. The fourth-order valence-electron chi connectivity index (χ4n) is 5.06. The second kappa shape index (κ2) is 7.03. The van der Waals surface area contributed by atoms with Gasteiger partial charge in [-0.2, -0.15) is 0 Å². The molecular formula is C21H28N2O3. The Morgan fingerprint density at radius 3 is 2.69 bits per heavy atom. The SMILES string of the molecule is CO[C@@H]1CCC[C@H](C(=O)N2C[C@H]3CN(C(C)=O)C[C@@H]3c3ccccc32)C1. The predicted octanol–water partition coefficient (Wildman–Crippen LogP) is 2.80. The Labute approximate surface area is 155 Å². The molecule has 0 unspecified atom stereocenters. The van der Waals surface area contributed by atoms with Crippen molar-refractivity contribution >= 4 is 17.5 Å². The fraction of sp³-hybridized carbons (Fsp3) is 0.619. The monoisotopic (exact) mass is 356 g/mol. The number of benzene rings is 1. The van der Waals surface area contributed by atoms with Gasteiger partial charge in [-0.05, 0) is 30.9 Å². The van der Waals surface area contributed by atoms with E-state index in [0.29, 0.717) is 11.8 Å². The minimum Gasteiger partial charge on any atom is -0.381 e. The van der Waals surface area contributed by atoms with E-state index in [-0.39, 0.29) is 23.8 Å². The van der Waals surface area contributed by atoms with Gasteiger partial charge in [0.25, 0.3) is 0 Å². The number of nitrogens with zero attached hydrogens (tertiary/aromatic N) is 2. The van der Waals surface area contributed by atoms with Crippen molar-refractivity contribution in [3.8, 4) is 0 Å². The van der Waals surface area contributed by atoms with Crippen molar-refractivity contribution in [3.63, 3.8) is 0 Å². The van der Waals surface area contributed by atoms with Crippen molar-refractivity contribution < 1.29 is 14.3 Å². The molecule has 2 fully saturated rings. The zero-order valence-electron chi connectivity index (χ0n) is 15.7. The van der Waals surface area contributed by atoms with Crippen LogP contribution in [0.2, 0.25) is 0 Å². The average Bonchev–Trinajstić information content (AvgIpc) is 3.11. The number of hydrogen-bond acceptors (Lipinski definition) is 3. The van der Waals surface area contributed by atoms with Crippen molar-refractivity contribution in [1.29, 1.82) is 0 Å². The van der Waals surface area contributed by atoms with Crippen molar-refractivity contribution in [2.24, 2.45) is 11.8 Å². The third-order valence-electron chi connectivity index (χ3n) is 6.51. The van der Waals surface area contributed by atoms with Gasteiger partial charge in [-0.25, -0.2) is 0 Å². The van der Waals surface area contributed by atoms with Crippen LogP contribution < -0.4 is 4.90 Å². The molecule has 0 radical (unpaired) electrons. The van der Waals surface area contributed by atoms with Gasteiger partial charge >= 0.3 is 0 Å². The molecule has 1 saturated carbocycles. The number of ether oxygens (including phenoxy) is 1. The summed E-state index contributed by atoms with van der Waals surface area (Å²) < 4.78 is 5.52. The summed E-state index contributed by atoms with van der Waals surface area (Å²) in [5.74, 6) is 1.09. The summed E-state index contributed by atoms with van der Waals surface area (Å²) in [6, 6.07) is 8.25. The summed E-state index contributed by atoms with van der Waals surface area (Å²) in [4.78, 5) is 29.2. The summed E-state index contributed by atoms with van der Waals surface area (Å²) in [7, 11) is 1.74. The summed E-state index contributed by atoms with van der Waals surface area (Å²) in [5.41, 5.74) is 2.27. The van der Waals surface area contributed by atoms with Gasteiger partial charge in [-0.3, -0.25) is 9.59 Å². The highest BCUT2D eigenvalue weighted by Crippen LogP contribution is 2.44. The van der Waals surface area contributed by atoms with Gasteiger partial charge in [0.2, 0.25) is 11.8 Å². The molecule has 3 aliphatic rings. The lowest BCUT2D eigenvalue weighted by molar-refractivity contribution is -0.127. The van der Waals surface area contributed by atoms with E-state index in [9.17, 15) is 9.59 Å². The standard InChI is InChI=1S/C21H28N2O3/c1-14(24)22-11-16-12-23(20-9-4-3-8-18(20)19(16)13-22)21(25)15-6-5-7-17(10-15)26-2/h3-4,8-9,15-17,19H,5-7,10-13H2,1-2H3/t15-,16+,17+,19-/m0/s1. The molecule has 26 heavy (non-hydrogen) atoms. The maximum atomic E-state index is 13.4. The van der Waals surface area contributed by atoms with Crippen molar-refractivity contribution in [3.05, 3.63) is 29.8 Å². The summed E-state index contributed by atoms with van der Waals surface area (Å²) >= 11 is 0. The first kappa shape index (κ1) is 17.5. The number of methoxy groups -OCH3 is 1. The van der Waals surface area contributed by atoms with E-state index >= 15 is 0 Å². The molecule has 0 N–H and O–H groups in total. The molecule has 2 aliphatic heterocycles. The number of carbonyl (C=O) groups excluding carboxylic acids is 2. The number of likely N-dealkylation sites (tertiary alicyclic amines) is 1. The summed E-state index contributed by atoms with van der Waals surface area (Å²) in [5, 5.41) is 0. The molecule has 1 aromatic carbocycles. The minimum absolute atomic E-state index is 0.0450. The molecular weight excluding hydrogens is 328 g/mol. The topological polar surface area (TPSA) is 49.9 Å². The number of anilines is 1. The molecule has 4 rings (SSSR count). The van der Waals surface area contributed by atoms with Crippen LogP contribution in [0.15, 0.2) is 24.3 Å². The van der Waals surface area contributed by atoms with Gasteiger partial charge < -0.3 is 14.5 Å². The lowest BCUT2D eigenvalue weighted by Gasteiger charge is -2.39. The van der Waals surface area contributed by atoms with E-state index in [1.807, 2.05) is 21.9 Å². The maximum Gasteiger partial charge on any atom is 0.230 e. The average molecular weight is 356 g/mol. The molecule has 2 heterocycles. The first-order chi connectivity index (χ1) is 12.6. The van der Waals surface area contributed by atoms with Crippen LogP contribution in [-0.4, -0.2) is 49.6 Å². The quantitative estimate of drug-likeness (QED) is 0.819. The molecule has 4 atom stereocenters. The Morgan fingerprint density at radius 1 is 1.12 bits per heavy atom. The van der Waals surface area contributed by atoms with Gasteiger partial charge in [-0.15, -0.1) is 0 Å². The van der Waals surface area contributed by atoms with Crippen LogP contribution in [0, 0.1) is 11.8 Å². The summed E-state index contributed by atoms with van der Waals surface area (Å²) in [6.07, 6.45) is 4.07. The Balaban J connectivity index is 1.60. The molecule has 0 aromatic heterocycles. The zero-order valence-corrected chi connectivity index (χ0v) is 15.7. The highest BCUT2D eigenvalue weighted by atomic mass is 16.5. The lowest BCUT2D eigenvalue weighted by Crippen LogP contribution is -2.45. The molecule has 1 aromatic rings. The van der Waals surface area contributed by atoms with E-state index in [1.165, 1.54) is 5.56 Å². The van der Waals surface area contributed by atoms with Crippen LogP contribution in [-0.2, 0) is 14.3 Å². The largest absolute Gasteiger partial charge is 0.381 e. The number of hydrogen-bond donors (Lipinski definition) is 0. The number of carbonyl (C=O) groups is 2. The van der Waals surface area contributed by atoms with Crippen molar-refractivity contribution in [2.45, 2.75) is 44.6 Å². The molecule has 5 heteroatoms. The number of para-hydroxylation sites is 1. The number of amides is 2. The van der Waals surface area contributed by atoms with E-state index < -0.39 is 0 Å². The number of fused-ring (bicyclic) bond motifs is 3. The highest BCUT2D eigenvalue weighted by Gasteiger charge is 2.43. The first-order valence-electron chi connectivity index (χ1n) is 9.77. The minimum atomic E-state index is 0.0450. The van der Waals surface area contributed by atoms with E-state index in [1.54, 1.807) is 14.0 Å². The Kier molecular flexibility index (Phi) is 4.74. The van der Waals surface area contributed by atoms with Crippen molar-refractivity contribution in [1.82, 2.24) is 4.90 Å². The molecule has 1 aliphatic carbocycles. The van der Waals surface area contributed by atoms with Gasteiger partial charge in [0.05, 0.1) is 6.10 Å². The highest BCUT2D eigenvalue weighted by molar-refractivity contribution is 5.96. The Morgan fingerprint density at radius 2 is 1.92 bits per heavy atom. The first-order valence-corrected chi connectivity index (χ1v) is 9.77. The second-order valence-electron chi connectivity index (χ2n) is 8.02. The molecule has 2 amide bonds. The fourth-order valence-corrected chi connectivity index (χ4v) is 5.06. The van der Waals surface area contributed by atoms with E-state index in [4.69, 9.17) is 4.74 Å². The van der Waals surface area contributed by atoms with E-state index in [0.717, 1.165) is 51.0 Å². The number of rotatable bonds is 2. The van der Waals surface area contributed by atoms with Crippen LogP contribution in [0.5, 0.6) is 0 Å². The van der Waals surface area contributed by atoms with Gasteiger partial charge in [0.15, 0.2) is 0 Å². The lowest BCUT2D eigenvalue weighted by atomic mass is 9.81. The summed E-state index contributed by atoms with van der Waals surface area (Å²) in [6.45, 7) is 3.88. The van der Waals surface area contributed by atoms with Crippen LogP contribution >= 0.6 is 0 Å². The predicted molar refractivity (Wildman–Crippen MR) is 100 cm³/mol. The normalized spacial score (nSPS) is 30.7. The van der Waals surface area contributed by atoms with Crippen LogP contribution in [0.1, 0.15) is 44.1 Å². The van der Waals surface area contributed by atoms with E-state index in [2.05, 4.69) is 12.1 Å².